The van der Waals surface area contributed by atoms with E-state index in [2.05, 4.69) is 17.3 Å². The fourth-order valence-corrected chi connectivity index (χ4v) is 2.81. The van der Waals surface area contributed by atoms with E-state index in [4.69, 9.17) is 11.6 Å². The third-order valence-electron chi connectivity index (χ3n) is 3.61. The number of benzene rings is 1. The Morgan fingerprint density at radius 1 is 1.29 bits per heavy atom. The van der Waals surface area contributed by atoms with Crippen LogP contribution in [0.4, 0.5) is 4.39 Å². The molecular formula is C16H21ClFN3. The lowest BCUT2D eigenvalue weighted by Crippen LogP contribution is -2.33. The van der Waals surface area contributed by atoms with Crippen molar-refractivity contribution < 1.29 is 4.39 Å². The summed E-state index contributed by atoms with van der Waals surface area (Å²) in [6, 6.07) is 6.91. The molecule has 21 heavy (non-hydrogen) atoms. The Balaban J connectivity index is 2.13. The van der Waals surface area contributed by atoms with Crippen LogP contribution in [0.5, 0.6) is 0 Å². The fraction of sp³-hybridized carbons (Fsp3) is 0.438. The van der Waals surface area contributed by atoms with Crippen LogP contribution in [-0.2, 0) is 19.9 Å². The first kappa shape index (κ1) is 16.0. The quantitative estimate of drug-likeness (QED) is 0.887. The van der Waals surface area contributed by atoms with E-state index in [1.807, 2.05) is 26.1 Å². The lowest BCUT2D eigenvalue weighted by Gasteiger charge is -2.18. The summed E-state index contributed by atoms with van der Waals surface area (Å²) < 4.78 is 14.7. The molecule has 0 saturated carbocycles. The zero-order chi connectivity index (χ0) is 15.4. The smallest absolute Gasteiger partial charge is 0.130 e. The van der Waals surface area contributed by atoms with Crippen molar-refractivity contribution in [3.63, 3.8) is 0 Å². The summed E-state index contributed by atoms with van der Waals surface area (Å²) in [5.41, 5.74) is 3.15. The highest BCUT2D eigenvalue weighted by atomic mass is 35.5. The van der Waals surface area contributed by atoms with Gasteiger partial charge in [-0.15, -0.1) is 0 Å². The van der Waals surface area contributed by atoms with E-state index < -0.39 is 0 Å². The highest BCUT2D eigenvalue weighted by molar-refractivity contribution is 6.30. The van der Waals surface area contributed by atoms with Crippen LogP contribution in [0.25, 0.3) is 0 Å². The molecule has 1 heterocycles. The van der Waals surface area contributed by atoms with Crippen LogP contribution < -0.4 is 5.32 Å². The molecule has 0 fully saturated rings. The maximum atomic E-state index is 13.0. The molecule has 0 aliphatic heterocycles. The van der Waals surface area contributed by atoms with E-state index in [1.54, 1.807) is 4.68 Å². The minimum atomic E-state index is -0.204. The van der Waals surface area contributed by atoms with Crippen LogP contribution in [0, 0.1) is 12.7 Å². The van der Waals surface area contributed by atoms with E-state index in [0.717, 1.165) is 36.2 Å². The number of halogens is 2. The van der Waals surface area contributed by atoms with E-state index >= 15 is 0 Å². The first-order valence-electron chi connectivity index (χ1n) is 7.17. The summed E-state index contributed by atoms with van der Waals surface area (Å²) in [4.78, 5) is 0. The second-order valence-corrected chi connectivity index (χ2v) is 5.63. The highest BCUT2D eigenvalue weighted by Crippen LogP contribution is 2.21. The summed E-state index contributed by atoms with van der Waals surface area (Å²) in [6.45, 7) is 4.93. The van der Waals surface area contributed by atoms with Crippen LogP contribution in [0.1, 0.15) is 23.7 Å². The molecule has 1 N–H and O–H groups in total. The third kappa shape index (κ3) is 4.05. The molecule has 2 aromatic rings. The summed E-state index contributed by atoms with van der Waals surface area (Å²) in [7, 11) is 1.85. The van der Waals surface area contributed by atoms with Gasteiger partial charge in [-0.2, -0.15) is 5.10 Å². The molecule has 2 rings (SSSR count). The minimum Gasteiger partial charge on any atom is -0.314 e. The Bertz CT molecular complexity index is 592. The average Bonchev–Trinajstić information content (AvgIpc) is 2.68. The van der Waals surface area contributed by atoms with E-state index in [9.17, 15) is 4.39 Å². The van der Waals surface area contributed by atoms with Crippen molar-refractivity contribution in [2.75, 3.05) is 6.54 Å². The number of rotatable bonds is 6. The summed E-state index contributed by atoms with van der Waals surface area (Å²) >= 11 is 6.31. The van der Waals surface area contributed by atoms with Gasteiger partial charge in [0.05, 0.1) is 5.69 Å². The number of hydrogen-bond acceptors (Lipinski definition) is 2. The summed E-state index contributed by atoms with van der Waals surface area (Å²) in [6.07, 6.45) is 1.64. The lowest BCUT2D eigenvalue weighted by molar-refractivity contribution is 0.520. The zero-order valence-corrected chi connectivity index (χ0v) is 13.4. The normalized spacial score (nSPS) is 12.6. The molecule has 0 aliphatic carbocycles. The Morgan fingerprint density at radius 2 is 1.95 bits per heavy atom. The molecule has 1 aromatic carbocycles. The van der Waals surface area contributed by atoms with E-state index in [-0.39, 0.29) is 11.9 Å². The van der Waals surface area contributed by atoms with Crippen LogP contribution in [0.2, 0.25) is 5.15 Å². The van der Waals surface area contributed by atoms with Gasteiger partial charge in [-0.1, -0.05) is 30.7 Å². The number of aromatic nitrogens is 2. The van der Waals surface area contributed by atoms with Crippen molar-refractivity contribution in [1.29, 1.82) is 0 Å². The van der Waals surface area contributed by atoms with Gasteiger partial charge in [0.2, 0.25) is 0 Å². The minimum absolute atomic E-state index is 0.204. The first-order valence-corrected chi connectivity index (χ1v) is 7.54. The maximum absolute atomic E-state index is 13.0. The molecule has 0 aliphatic rings. The summed E-state index contributed by atoms with van der Waals surface area (Å²) in [5.74, 6) is -0.204. The molecule has 1 aromatic heterocycles. The van der Waals surface area contributed by atoms with Gasteiger partial charge in [0.15, 0.2) is 0 Å². The Kier molecular flexibility index (Phi) is 5.37. The van der Waals surface area contributed by atoms with Crippen LogP contribution in [0.3, 0.4) is 0 Å². The number of likely N-dealkylation sites (N-methyl/N-ethyl adjacent to an activating group) is 1. The van der Waals surface area contributed by atoms with E-state index in [0.29, 0.717) is 5.15 Å². The third-order valence-corrected chi connectivity index (χ3v) is 4.08. The van der Waals surface area contributed by atoms with Crippen molar-refractivity contribution >= 4 is 11.6 Å². The average molecular weight is 310 g/mol. The van der Waals surface area contributed by atoms with Gasteiger partial charge in [-0.3, -0.25) is 4.68 Å². The molecule has 0 amide bonds. The first-order chi connectivity index (χ1) is 10.0. The zero-order valence-electron chi connectivity index (χ0n) is 12.7. The van der Waals surface area contributed by atoms with Crippen molar-refractivity contribution in [3.05, 3.63) is 52.1 Å². The van der Waals surface area contributed by atoms with Crippen molar-refractivity contribution in [1.82, 2.24) is 15.1 Å². The van der Waals surface area contributed by atoms with Crippen molar-refractivity contribution in [2.24, 2.45) is 7.05 Å². The standard InChI is InChI=1S/C16H21ClFN3/c1-4-19-14(9-12-5-7-13(18)8-6-12)10-15-11(2)20-21(3)16(15)17/h5-8,14,19H,4,9-10H2,1-3H3. The van der Waals surface area contributed by atoms with Gasteiger partial charge >= 0.3 is 0 Å². The van der Waals surface area contributed by atoms with Gasteiger partial charge in [0, 0.05) is 18.7 Å². The molecule has 0 bridgehead atoms. The molecule has 0 radical (unpaired) electrons. The molecule has 114 valence electrons. The second kappa shape index (κ2) is 7.05. The van der Waals surface area contributed by atoms with Gasteiger partial charge in [0.25, 0.3) is 0 Å². The van der Waals surface area contributed by atoms with Crippen LogP contribution >= 0.6 is 11.6 Å². The topological polar surface area (TPSA) is 29.9 Å². The highest BCUT2D eigenvalue weighted by Gasteiger charge is 2.17. The van der Waals surface area contributed by atoms with Gasteiger partial charge in [-0.05, 0) is 44.0 Å². The van der Waals surface area contributed by atoms with Crippen molar-refractivity contribution in [2.45, 2.75) is 32.7 Å². The van der Waals surface area contributed by atoms with Gasteiger partial charge in [-0.25, -0.2) is 4.39 Å². The number of nitrogens with one attached hydrogen (secondary N) is 1. The number of nitrogens with zero attached hydrogens (tertiary/aromatic N) is 2. The molecular weight excluding hydrogens is 289 g/mol. The predicted molar refractivity (Wildman–Crippen MR) is 84.2 cm³/mol. The lowest BCUT2D eigenvalue weighted by atomic mass is 9.99. The Morgan fingerprint density at radius 3 is 2.48 bits per heavy atom. The number of hydrogen-bond donors (Lipinski definition) is 1. The summed E-state index contributed by atoms with van der Waals surface area (Å²) in [5, 5.41) is 8.51. The van der Waals surface area contributed by atoms with Gasteiger partial charge in [0.1, 0.15) is 11.0 Å². The SMILES string of the molecule is CCNC(Cc1ccc(F)cc1)Cc1c(C)nn(C)c1Cl. The molecule has 5 heteroatoms. The molecule has 1 atom stereocenters. The number of aryl methyl sites for hydroxylation is 2. The largest absolute Gasteiger partial charge is 0.314 e. The molecule has 3 nitrogen and oxygen atoms in total. The Hall–Kier alpha value is -1.39. The molecule has 1 unspecified atom stereocenters. The van der Waals surface area contributed by atoms with Crippen LogP contribution in [0.15, 0.2) is 24.3 Å². The molecule has 0 saturated heterocycles. The van der Waals surface area contributed by atoms with Crippen LogP contribution in [-0.4, -0.2) is 22.4 Å². The van der Waals surface area contributed by atoms with Gasteiger partial charge < -0.3 is 5.32 Å². The van der Waals surface area contributed by atoms with E-state index in [1.165, 1.54) is 12.1 Å². The monoisotopic (exact) mass is 309 g/mol. The Labute approximate surface area is 130 Å². The second-order valence-electron chi connectivity index (χ2n) is 5.27. The molecule has 0 spiro atoms. The van der Waals surface area contributed by atoms with Crippen molar-refractivity contribution in [3.8, 4) is 0 Å². The predicted octanol–water partition coefficient (Wildman–Crippen LogP) is 3.28. The maximum Gasteiger partial charge on any atom is 0.130 e. The fourth-order valence-electron chi connectivity index (χ4n) is 2.56.